The maximum atomic E-state index is 5.67. The van der Waals surface area contributed by atoms with Gasteiger partial charge >= 0.3 is 0 Å². The summed E-state index contributed by atoms with van der Waals surface area (Å²) < 4.78 is 0.946. The fourth-order valence-electron chi connectivity index (χ4n) is 0.614. The van der Waals surface area contributed by atoms with Crippen molar-refractivity contribution in [3.63, 3.8) is 0 Å². The van der Waals surface area contributed by atoms with Gasteiger partial charge in [0.05, 0.1) is 0 Å². The number of rotatable bonds is 1. The SMILES string of the molecule is Clc1cc(/C(Br)=C\Br)ccn1. The normalized spacial score (nSPS) is 11.7. The summed E-state index contributed by atoms with van der Waals surface area (Å²) in [5.74, 6) is 0. The van der Waals surface area contributed by atoms with Gasteiger partial charge in [-0.15, -0.1) is 0 Å². The minimum absolute atomic E-state index is 0.494. The van der Waals surface area contributed by atoms with E-state index in [1.807, 2.05) is 6.07 Å². The molecule has 0 amide bonds. The Morgan fingerprint density at radius 2 is 2.36 bits per heavy atom. The topological polar surface area (TPSA) is 12.9 Å². The summed E-state index contributed by atoms with van der Waals surface area (Å²) in [6.45, 7) is 0. The Hall–Kier alpha value is 0.140. The van der Waals surface area contributed by atoms with Gasteiger partial charge in [0, 0.05) is 10.7 Å². The molecule has 0 bridgehead atoms. The summed E-state index contributed by atoms with van der Waals surface area (Å²) in [5, 5.41) is 0.494. The van der Waals surface area contributed by atoms with Crippen molar-refractivity contribution in [3.05, 3.63) is 34.0 Å². The standard InChI is InChI=1S/C7H4Br2ClN/c8-4-6(9)5-1-2-11-7(10)3-5/h1-4H/b6-4+. The van der Waals surface area contributed by atoms with Gasteiger partial charge in [0.15, 0.2) is 0 Å². The van der Waals surface area contributed by atoms with Crippen molar-refractivity contribution >= 4 is 47.9 Å². The van der Waals surface area contributed by atoms with Gasteiger partial charge in [-0.3, -0.25) is 0 Å². The highest BCUT2D eigenvalue weighted by molar-refractivity contribution is 9.16. The first-order valence-corrected chi connectivity index (χ1v) is 4.90. The summed E-state index contributed by atoms with van der Waals surface area (Å²) in [5.41, 5.74) is 1.00. The summed E-state index contributed by atoms with van der Waals surface area (Å²) in [4.78, 5) is 5.64. The maximum absolute atomic E-state index is 5.67. The van der Waals surface area contributed by atoms with Crippen LogP contribution in [0.5, 0.6) is 0 Å². The zero-order chi connectivity index (χ0) is 8.27. The first-order valence-electron chi connectivity index (χ1n) is 2.82. The van der Waals surface area contributed by atoms with E-state index >= 15 is 0 Å². The fourth-order valence-corrected chi connectivity index (χ4v) is 1.30. The first-order chi connectivity index (χ1) is 5.24. The van der Waals surface area contributed by atoms with Crippen LogP contribution in [0.15, 0.2) is 23.3 Å². The maximum Gasteiger partial charge on any atom is 0.129 e. The van der Waals surface area contributed by atoms with Crippen LogP contribution in [0.4, 0.5) is 0 Å². The Kier molecular flexibility index (Phi) is 3.55. The van der Waals surface area contributed by atoms with Gasteiger partial charge in [0.25, 0.3) is 0 Å². The predicted molar refractivity (Wildman–Crippen MR) is 55.1 cm³/mol. The van der Waals surface area contributed by atoms with Crippen LogP contribution in [-0.2, 0) is 0 Å². The number of hydrogen-bond donors (Lipinski definition) is 0. The monoisotopic (exact) mass is 295 g/mol. The molecule has 0 saturated heterocycles. The molecule has 1 rings (SSSR count). The Labute approximate surface area is 86.7 Å². The van der Waals surface area contributed by atoms with Crippen molar-refractivity contribution in [2.45, 2.75) is 0 Å². The molecular formula is C7H4Br2ClN. The van der Waals surface area contributed by atoms with E-state index in [4.69, 9.17) is 11.6 Å². The third-order valence-electron chi connectivity index (χ3n) is 1.10. The molecule has 11 heavy (non-hydrogen) atoms. The van der Waals surface area contributed by atoms with Crippen molar-refractivity contribution in [2.24, 2.45) is 0 Å². The third-order valence-corrected chi connectivity index (χ3v) is 3.06. The lowest BCUT2D eigenvalue weighted by molar-refractivity contribution is 1.32. The smallest absolute Gasteiger partial charge is 0.129 e. The molecule has 0 aliphatic rings. The van der Waals surface area contributed by atoms with Gasteiger partial charge < -0.3 is 0 Å². The van der Waals surface area contributed by atoms with Gasteiger partial charge in [-0.2, -0.15) is 0 Å². The number of pyridine rings is 1. The predicted octanol–water partition coefficient (Wildman–Crippen LogP) is 3.82. The average molecular weight is 297 g/mol. The van der Waals surface area contributed by atoms with Gasteiger partial charge in [0.1, 0.15) is 5.15 Å². The molecule has 0 unspecified atom stereocenters. The Morgan fingerprint density at radius 3 is 2.91 bits per heavy atom. The Morgan fingerprint density at radius 1 is 1.64 bits per heavy atom. The van der Waals surface area contributed by atoms with Crippen molar-refractivity contribution in [1.82, 2.24) is 4.98 Å². The minimum atomic E-state index is 0.494. The van der Waals surface area contributed by atoms with E-state index in [1.165, 1.54) is 0 Å². The molecule has 0 radical (unpaired) electrons. The molecule has 1 heterocycles. The van der Waals surface area contributed by atoms with Crippen molar-refractivity contribution in [2.75, 3.05) is 0 Å². The quantitative estimate of drug-likeness (QED) is 0.718. The number of hydrogen-bond acceptors (Lipinski definition) is 1. The van der Waals surface area contributed by atoms with Crippen LogP contribution in [0.3, 0.4) is 0 Å². The van der Waals surface area contributed by atoms with E-state index < -0.39 is 0 Å². The first kappa shape index (κ1) is 9.23. The van der Waals surface area contributed by atoms with E-state index in [2.05, 4.69) is 36.8 Å². The average Bonchev–Trinajstić information content (AvgIpc) is 2.03. The molecule has 1 nitrogen and oxygen atoms in total. The van der Waals surface area contributed by atoms with Crippen LogP contribution in [0.2, 0.25) is 5.15 Å². The van der Waals surface area contributed by atoms with Crippen molar-refractivity contribution in [3.8, 4) is 0 Å². The molecule has 58 valence electrons. The van der Waals surface area contributed by atoms with Crippen LogP contribution >= 0.6 is 43.5 Å². The molecule has 0 aliphatic carbocycles. The molecule has 0 spiro atoms. The summed E-state index contributed by atoms with van der Waals surface area (Å²) in [6.07, 6.45) is 1.66. The van der Waals surface area contributed by atoms with E-state index in [0.717, 1.165) is 10.0 Å². The minimum Gasteiger partial charge on any atom is -0.245 e. The highest BCUT2D eigenvalue weighted by atomic mass is 79.9. The molecule has 1 aromatic rings. The van der Waals surface area contributed by atoms with Gasteiger partial charge in [-0.1, -0.05) is 27.5 Å². The number of halogens is 3. The van der Waals surface area contributed by atoms with Crippen molar-refractivity contribution in [1.29, 1.82) is 0 Å². The molecule has 0 fully saturated rings. The second kappa shape index (κ2) is 4.24. The molecule has 0 N–H and O–H groups in total. The van der Waals surface area contributed by atoms with Gasteiger partial charge in [-0.05, 0) is 38.6 Å². The van der Waals surface area contributed by atoms with Crippen LogP contribution in [0.25, 0.3) is 4.48 Å². The van der Waals surface area contributed by atoms with Crippen LogP contribution in [0.1, 0.15) is 5.56 Å². The summed E-state index contributed by atoms with van der Waals surface area (Å²) in [7, 11) is 0. The van der Waals surface area contributed by atoms with E-state index in [-0.39, 0.29) is 0 Å². The Bertz CT molecular complexity index is 286. The molecule has 0 atom stereocenters. The second-order valence-electron chi connectivity index (χ2n) is 1.82. The number of nitrogens with zero attached hydrogens (tertiary/aromatic N) is 1. The molecule has 1 aromatic heterocycles. The van der Waals surface area contributed by atoms with Crippen molar-refractivity contribution < 1.29 is 0 Å². The number of aromatic nitrogens is 1. The summed E-state index contributed by atoms with van der Waals surface area (Å²) in [6, 6.07) is 3.65. The van der Waals surface area contributed by atoms with E-state index in [9.17, 15) is 0 Å². The zero-order valence-electron chi connectivity index (χ0n) is 5.39. The largest absolute Gasteiger partial charge is 0.245 e. The third kappa shape index (κ3) is 2.58. The molecule has 0 aromatic carbocycles. The highest BCUT2D eigenvalue weighted by Gasteiger charge is 1.96. The lowest BCUT2D eigenvalue weighted by Crippen LogP contribution is -1.78. The van der Waals surface area contributed by atoms with Crippen LogP contribution in [-0.4, -0.2) is 4.98 Å². The Balaban J connectivity index is 3.06. The molecule has 0 aliphatic heterocycles. The van der Waals surface area contributed by atoms with Gasteiger partial charge in [0.2, 0.25) is 0 Å². The van der Waals surface area contributed by atoms with Gasteiger partial charge in [-0.25, -0.2) is 4.98 Å². The molecule has 4 heteroatoms. The van der Waals surface area contributed by atoms with Crippen LogP contribution in [0, 0.1) is 0 Å². The fraction of sp³-hybridized carbons (Fsp3) is 0. The lowest BCUT2D eigenvalue weighted by atomic mass is 10.3. The van der Waals surface area contributed by atoms with Crippen LogP contribution < -0.4 is 0 Å². The lowest BCUT2D eigenvalue weighted by Gasteiger charge is -1.96. The molecular weight excluding hydrogens is 293 g/mol. The van der Waals surface area contributed by atoms with E-state index in [1.54, 1.807) is 17.2 Å². The van der Waals surface area contributed by atoms with E-state index in [0.29, 0.717) is 5.15 Å². The summed E-state index contributed by atoms with van der Waals surface area (Å²) >= 11 is 12.2. The second-order valence-corrected chi connectivity index (χ2v) is 3.52. The zero-order valence-corrected chi connectivity index (χ0v) is 9.32. The molecule has 0 saturated carbocycles. The highest BCUT2D eigenvalue weighted by Crippen LogP contribution is 2.23.